The maximum Gasteiger partial charge on any atom is 0.485 e. The highest BCUT2D eigenvalue weighted by molar-refractivity contribution is 7.86. The summed E-state index contributed by atoms with van der Waals surface area (Å²) in [6.45, 7) is 2.51. The Hall–Kier alpha value is -2.06. The SMILES string of the molecule is CCOc1cc([N+]#N)ccc1N(C)C.O=S(=O)([O-])C(F)(F)F. The molecule has 0 spiro atoms. The normalized spacial score (nSPS) is 11.0. The van der Waals surface area contributed by atoms with Crippen LogP contribution in [-0.2, 0) is 10.1 Å². The molecule has 7 nitrogen and oxygen atoms in total. The minimum Gasteiger partial charge on any atom is -0.741 e. The third kappa shape index (κ3) is 6.15. The van der Waals surface area contributed by atoms with Crippen LogP contribution >= 0.6 is 0 Å². The quantitative estimate of drug-likeness (QED) is 0.476. The first-order valence-corrected chi connectivity index (χ1v) is 7.16. The molecule has 0 bridgehead atoms. The maximum atomic E-state index is 10.7. The Bertz CT molecular complexity index is 639. The Balaban J connectivity index is 0.000000472. The summed E-state index contributed by atoms with van der Waals surface area (Å²) in [4.78, 5) is 5.07. The molecule has 0 aliphatic heterocycles. The van der Waals surface area contributed by atoms with Crippen molar-refractivity contribution in [3.63, 3.8) is 0 Å². The molecule has 0 amide bonds. The van der Waals surface area contributed by atoms with Gasteiger partial charge in [-0.05, 0) is 13.0 Å². The van der Waals surface area contributed by atoms with Crippen LogP contribution in [-0.4, -0.2) is 39.2 Å². The first-order valence-electron chi connectivity index (χ1n) is 5.75. The fourth-order valence-electron chi connectivity index (χ4n) is 1.21. The summed E-state index contributed by atoms with van der Waals surface area (Å²) < 4.78 is 64.3. The van der Waals surface area contributed by atoms with Gasteiger partial charge in [0, 0.05) is 20.2 Å². The van der Waals surface area contributed by atoms with Crippen LogP contribution in [0.5, 0.6) is 5.75 Å². The Labute approximate surface area is 125 Å². The zero-order valence-corrected chi connectivity index (χ0v) is 12.8. The lowest BCUT2D eigenvalue weighted by atomic mass is 10.2. The first-order chi connectivity index (χ1) is 9.94. The van der Waals surface area contributed by atoms with Crippen LogP contribution in [0.25, 0.3) is 4.98 Å². The summed E-state index contributed by atoms with van der Waals surface area (Å²) >= 11 is 0. The molecule has 0 saturated carbocycles. The topological polar surface area (TPSA) is 97.8 Å². The van der Waals surface area contributed by atoms with Gasteiger partial charge in [0.05, 0.1) is 18.4 Å². The van der Waals surface area contributed by atoms with Crippen LogP contribution in [0.4, 0.5) is 24.5 Å². The number of diazo groups is 1. The summed E-state index contributed by atoms with van der Waals surface area (Å²) in [6.07, 6.45) is 0. The zero-order valence-electron chi connectivity index (χ0n) is 12.0. The first kappa shape index (κ1) is 19.9. The van der Waals surface area contributed by atoms with Gasteiger partial charge in [-0.1, -0.05) is 0 Å². The second-order valence-electron chi connectivity index (χ2n) is 3.98. The third-order valence-electron chi connectivity index (χ3n) is 2.12. The van der Waals surface area contributed by atoms with Crippen LogP contribution in [0.15, 0.2) is 18.2 Å². The number of alkyl halides is 3. The number of rotatable bonds is 3. The van der Waals surface area contributed by atoms with E-state index < -0.39 is 15.6 Å². The fraction of sp³-hybridized carbons (Fsp3) is 0.455. The second-order valence-corrected chi connectivity index (χ2v) is 5.35. The summed E-state index contributed by atoms with van der Waals surface area (Å²) in [5.41, 5.74) is -4.18. The molecule has 11 heteroatoms. The van der Waals surface area contributed by atoms with Gasteiger partial charge in [0.2, 0.25) is 5.39 Å². The van der Waals surface area contributed by atoms with E-state index in [1.807, 2.05) is 32.0 Å². The van der Waals surface area contributed by atoms with Crippen molar-refractivity contribution in [2.24, 2.45) is 0 Å². The lowest BCUT2D eigenvalue weighted by Crippen LogP contribution is -2.21. The molecule has 1 aromatic carbocycles. The lowest BCUT2D eigenvalue weighted by Gasteiger charge is -2.15. The van der Waals surface area contributed by atoms with Crippen LogP contribution in [0, 0.1) is 5.39 Å². The monoisotopic (exact) mass is 341 g/mol. The number of benzene rings is 1. The lowest BCUT2D eigenvalue weighted by molar-refractivity contribution is -0.0517. The maximum absolute atomic E-state index is 10.7. The van der Waals surface area contributed by atoms with Gasteiger partial charge >= 0.3 is 11.2 Å². The Morgan fingerprint density at radius 2 is 1.86 bits per heavy atom. The van der Waals surface area contributed by atoms with Crippen molar-refractivity contribution in [3.8, 4) is 5.75 Å². The molecular formula is C11H14F3N3O4S. The summed E-state index contributed by atoms with van der Waals surface area (Å²) in [6, 6.07) is 5.30. The fourth-order valence-corrected chi connectivity index (χ4v) is 1.21. The van der Waals surface area contributed by atoms with Crippen molar-refractivity contribution in [2.75, 3.05) is 25.6 Å². The number of nitrogens with zero attached hydrogens (tertiary/aromatic N) is 3. The van der Waals surface area contributed by atoms with Gasteiger partial charge in [-0.3, -0.25) is 0 Å². The molecule has 0 aliphatic rings. The van der Waals surface area contributed by atoms with Crippen molar-refractivity contribution >= 4 is 21.5 Å². The zero-order chi connectivity index (χ0) is 17.6. The Morgan fingerprint density at radius 1 is 1.36 bits per heavy atom. The molecule has 0 saturated heterocycles. The molecule has 0 aliphatic carbocycles. The van der Waals surface area contributed by atoms with E-state index in [0.29, 0.717) is 12.3 Å². The van der Waals surface area contributed by atoms with Crippen LogP contribution in [0.3, 0.4) is 0 Å². The molecule has 0 aromatic heterocycles. The molecule has 0 unspecified atom stereocenters. The van der Waals surface area contributed by atoms with Gasteiger partial charge in [-0.25, -0.2) is 8.42 Å². The van der Waals surface area contributed by atoms with E-state index >= 15 is 0 Å². The van der Waals surface area contributed by atoms with E-state index in [9.17, 15) is 13.2 Å². The molecule has 1 aromatic rings. The molecular weight excluding hydrogens is 327 g/mol. The number of ether oxygens (including phenoxy) is 1. The van der Waals surface area contributed by atoms with Crippen molar-refractivity contribution in [3.05, 3.63) is 23.2 Å². The third-order valence-corrected chi connectivity index (χ3v) is 2.69. The van der Waals surface area contributed by atoms with E-state index in [0.717, 1.165) is 11.4 Å². The molecule has 1 rings (SSSR count). The van der Waals surface area contributed by atoms with E-state index in [2.05, 4.69) is 4.98 Å². The minimum atomic E-state index is -6.09. The largest absolute Gasteiger partial charge is 0.741 e. The number of halogens is 3. The highest BCUT2D eigenvalue weighted by Gasteiger charge is 2.36. The number of anilines is 1. The van der Waals surface area contributed by atoms with Crippen molar-refractivity contribution in [1.29, 1.82) is 5.39 Å². The van der Waals surface area contributed by atoms with Crippen LogP contribution in [0.1, 0.15) is 6.92 Å². The van der Waals surface area contributed by atoms with Gasteiger partial charge in [0.15, 0.2) is 20.8 Å². The Morgan fingerprint density at radius 3 is 2.18 bits per heavy atom. The highest BCUT2D eigenvalue weighted by Crippen LogP contribution is 2.31. The molecule has 0 N–H and O–H groups in total. The summed E-state index contributed by atoms with van der Waals surface area (Å²) in [5.74, 6) is 0.729. The summed E-state index contributed by atoms with van der Waals surface area (Å²) in [7, 11) is -2.21. The average molecular weight is 341 g/mol. The summed E-state index contributed by atoms with van der Waals surface area (Å²) in [5, 5.41) is 8.62. The van der Waals surface area contributed by atoms with Gasteiger partial charge in [-0.15, -0.1) is 0 Å². The van der Waals surface area contributed by atoms with E-state index in [1.54, 1.807) is 12.1 Å². The number of hydrogen-bond donors (Lipinski definition) is 0. The van der Waals surface area contributed by atoms with E-state index in [4.69, 9.17) is 23.1 Å². The van der Waals surface area contributed by atoms with Crippen molar-refractivity contribution in [1.82, 2.24) is 0 Å². The van der Waals surface area contributed by atoms with Crippen molar-refractivity contribution in [2.45, 2.75) is 12.4 Å². The molecule has 22 heavy (non-hydrogen) atoms. The predicted molar refractivity (Wildman–Crippen MR) is 72.4 cm³/mol. The molecule has 0 atom stereocenters. The van der Waals surface area contributed by atoms with Gasteiger partial charge in [0.25, 0.3) is 0 Å². The molecule has 0 radical (unpaired) electrons. The second kappa shape index (κ2) is 7.81. The van der Waals surface area contributed by atoms with E-state index in [1.165, 1.54) is 0 Å². The van der Waals surface area contributed by atoms with Gasteiger partial charge in [-0.2, -0.15) is 13.2 Å². The smallest absolute Gasteiger partial charge is 0.485 e. The molecule has 0 fully saturated rings. The molecule has 124 valence electrons. The number of hydrogen-bond acceptors (Lipinski definition) is 6. The predicted octanol–water partition coefficient (Wildman–Crippen LogP) is 2.69. The van der Waals surface area contributed by atoms with Gasteiger partial charge in [0.1, 0.15) is 0 Å². The molecule has 0 heterocycles. The van der Waals surface area contributed by atoms with Crippen molar-refractivity contribution < 1.29 is 30.9 Å². The van der Waals surface area contributed by atoms with Gasteiger partial charge < -0.3 is 14.2 Å². The van der Waals surface area contributed by atoms with Crippen LogP contribution in [0.2, 0.25) is 0 Å². The highest BCUT2D eigenvalue weighted by atomic mass is 32.2. The minimum absolute atomic E-state index is 0.499. The van der Waals surface area contributed by atoms with E-state index in [-0.39, 0.29) is 0 Å². The standard InChI is InChI=1S/C10H14N3O.CHF3O3S/c1-4-14-10-7-8(12-11)5-6-9(10)13(2)3;2-1(3,4)8(5,6)7/h5-7H,4H2,1-3H3;(H,5,6,7)/q+1;/p-1. The average Bonchev–Trinajstić information content (AvgIpc) is 2.37. The van der Waals surface area contributed by atoms with Crippen LogP contribution < -0.4 is 9.64 Å². The Kier molecular flexibility index (Phi) is 7.08.